The molecule has 1 aromatic rings. The molecule has 6 heteroatoms. The zero-order valence-corrected chi connectivity index (χ0v) is 8.53. The molecule has 0 aliphatic carbocycles. The van der Waals surface area contributed by atoms with Gasteiger partial charge in [0.15, 0.2) is 0 Å². The fraction of sp³-hybridized carbons (Fsp3) is 0.100. The number of ether oxygens (including phenoxy) is 1. The van der Waals surface area contributed by atoms with Gasteiger partial charge in [0, 0.05) is 10.5 Å². The van der Waals surface area contributed by atoms with E-state index >= 15 is 0 Å². The van der Waals surface area contributed by atoms with Crippen LogP contribution in [0.4, 0.5) is 0 Å². The van der Waals surface area contributed by atoms with Crippen molar-refractivity contribution < 1.29 is 13.9 Å². The summed E-state index contributed by atoms with van der Waals surface area (Å²) in [7, 11) is 1.21. The zero-order chi connectivity index (χ0) is 11.8. The van der Waals surface area contributed by atoms with Crippen molar-refractivity contribution in [1.82, 2.24) is 0 Å². The predicted octanol–water partition coefficient (Wildman–Crippen LogP) is 2.66. The monoisotopic (exact) mass is 219 g/mol. The van der Waals surface area contributed by atoms with Crippen LogP contribution in [0.25, 0.3) is 16.5 Å². The van der Waals surface area contributed by atoms with Crippen LogP contribution in [0.5, 0.6) is 0 Å². The van der Waals surface area contributed by atoms with Crippen LogP contribution in [0.15, 0.2) is 46.0 Å². The summed E-state index contributed by atoms with van der Waals surface area (Å²) in [5.41, 5.74) is 8.96. The molecule has 0 spiro atoms. The van der Waals surface area contributed by atoms with Gasteiger partial charge in [0.05, 0.1) is 19.6 Å². The number of carbonyl (C=O) groups is 1. The van der Waals surface area contributed by atoms with E-state index in [2.05, 4.69) is 14.8 Å². The van der Waals surface area contributed by atoms with Crippen molar-refractivity contribution in [3.8, 4) is 0 Å². The van der Waals surface area contributed by atoms with Crippen molar-refractivity contribution in [2.24, 2.45) is 5.11 Å². The molecule has 0 unspecified atom stereocenters. The second-order valence-electron chi connectivity index (χ2n) is 2.65. The Bertz CT molecular complexity index is 454. The Labute approximate surface area is 91.4 Å². The van der Waals surface area contributed by atoms with Gasteiger partial charge in [0.1, 0.15) is 5.70 Å². The first-order valence-corrected chi connectivity index (χ1v) is 4.32. The molecule has 6 nitrogen and oxygen atoms in total. The van der Waals surface area contributed by atoms with Crippen molar-refractivity contribution in [3.63, 3.8) is 0 Å². The maximum Gasteiger partial charge on any atom is 0.340 e. The molecule has 0 aliphatic rings. The maximum absolute atomic E-state index is 11.1. The van der Waals surface area contributed by atoms with Gasteiger partial charge in [0.2, 0.25) is 0 Å². The van der Waals surface area contributed by atoms with E-state index in [4.69, 9.17) is 9.95 Å². The molecule has 0 amide bonds. The maximum atomic E-state index is 11.1. The van der Waals surface area contributed by atoms with E-state index in [1.165, 1.54) is 25.7 Å². The lowest BCUT2D eigenvalue weighted by atomic mass is 10.3. The second-order valence-corrected chi connectivity index (χ2v) is 2.65. The van der Waals surface area contributed by atoms with Crippen LogP contribution >= 0.6 is 0 Å². The van der Waals surface area contributed by atoms with Crippen molar-refractivity contribution in [1.29, 1.82) is 0 Å². The number of furan rings is 1. The van der Waals surface area contributed by atoms with Crippen LogP contribution in [0.3, 0.4) is 0 Å². The van der Waals surface area contributed by atoms with E-state index in [0.717, 1.165) is 5.56 Å². The molecule has 82 valence electrons. The average molecular weight is 219 g/mol. The lowest BCUT2D eigenvalue weighted by Crippen LogP contribution is -2.01. The Morgan fingerprint density at radius 2 is 2.50 bits per heavy atom. The van der Waals surface area contributed by atoms with Crippen LogP contribution < -0.4 is 0 Å². The number of rotatable bonds is 4. The van der Waals surface area contributed by atoms with Crippen LogP contribution in [-0.4, -0.2) is 13.1 Å². The van der Waals surface area contributed by atoms with Gasteiger partial charge < -0.3 is 9.15 Å². The number of hydrogen-bond donors (Lipinski definition) is 0. The van der Waals surface area contributed by atoms with Crippen molar-refractivity contribution >= 4 is 12.0 Å². The van der Waals surface area contributed by atoms with E-state index in [1.54, 1.807) is 18.2 Å². The number of methoxy groups -OCH3 is 1. The number of esters is 1. The predicted molar refractivity (Wildman–Crippen MR) is 57.0 cm³/mol. The zero-order valence-electron chi connectivity index (χ0n) is 8.53. The highest BCUT2D eigenvalue weighted by atomic mass is 16.5. The third-order valence-electron chi connectivity index (χ3n) is 1.63. The van der Waals surface area contributed by atoms with Gasteiger partial charge in [-0.15, -0.1) is 0 Å². The number of allylic oxidation sites excluding steroid dienone is 2. The van der Waals surface area contributed by atoms with Crippen LogP contribution in [0.2, 0.25) is 0 Å². The minimum absolute atomic E-state index is 0.107. The van der Waals surface area contributed by atoms with Gasteiger partial charge >= 0.3 is 5.97 Å². The summed E-state index contributed by atoms with van der Waals surface area (Å²) in [6.45, 7) is 0. The first-order valence-electron chi connectivity index (χ1n) is 4.32. The van der Waals surface area contributed by atoms with Crippen LogP contribution in [0, 0.1) is 0 Å². The molecule has 1 aromatic heterocycles. The molecule has 16 heavy (non-hydrogen) atoms. The van der Waals surface area contributed by atoms with Crippen molar-refractivity contribution in [3.05, 3.63) is 52.4 Å². The van der Waals surface area contributed by atoms with E-state index in [0.29, 0.717) is 0 Å². The molecule has 1 heterocycles. The molecule has 0 radical (unpaired) electrons. The molecule has 0 aromatic carbocycles. The quantitative estimate of drug-likeness (QED) is 0.195. The van der Waals surface area contributed by atoms with Crippen LogP contribution in [0.1, 0.15) is 5.56 Å². The number of hydrogen-bond acceptors (Lipinski definition) is 4. The largest absolute Gasteiger partial charge is 0.472 e. The second kappa shape index (κ2) is 6.10. The lowest BCUT2D eigenvalue weighted by molar-refractivity contribution is -0.136. The molecular formula is C10H9N3O3. The number of azide groups is 1. The normalized spacial score (nSPS) is 11.2. The number of carbonyl (C=O) groups excluding carboxylic acids is 1. The molecule has 0 atom stereocenters. The molecule has 0 saturated heterocycles. The third kappa shape index (κ3) is 3.36. The Hall–Kier alpha value is -2.46. The smallest absolute Gasteiger partial charge is 0.340 e. The fourth-order valence-corrected chi connectivity index (χ4v) is 0.915. The molecule has 0 aliphatic heterocycles. The van der Waals surface area contributed by atoms with Gasteiger partial charge in [0.25, 0.3) is 0 Å². The van der Waals surface area contributed by atoms with Gasteiger partial charge in [-0.3, -0.25) is 0 Å². The van der Waals surface area contributed by atoms with Gasteiger partial charge in [-0.05, 0) is 17.7 Å². The highest BCUT2D eigenvalue weighted by Crippen LogP contribution is 2.05. The summed E-state index contributed by atoms with van der Waals surface area (Å²) in [6.07, 6.45) is 7.68. The van der Waals surface area contributed by atoms with E-state index in [-0.39, 0.29) is 5.70 Å². The minimum Gasteiger partial charge on any atom is -0.472 e. The van der Waals surface area contributed by atoms with Crippen molar-refractivity contribution in [2.75, 3.05) is 7.11 Å². The van der Waals surface area contributed by atoms with Crippen molar-refractivity contribution in [2.45, 2.75) is 0 Å². The first kappa shape index (κ1) is 11.6. The summed E-state index contributed by atoms with van der Waals surface area (Å²) in [5, 5.41) is 3.21. The van der Waals surface area contributed by atoms with E-state index in [1.807, 2.05) is 0 Å². The first-order chi connectivity index (χ1) is 7.77. The highest BCUT2D eigenvalue weighted by molar-refractivity contribution is 5.88. The Balaban J connectivity index is 2.79. The van der Waals surface area contributed by atoms with Gasteiger partial charge in [-0.2, -0.15) is 0 Å². The highest BCUT2D eigenvalue weighted by Gasteiger charge is 2.04. The molecule has 1 rings (SSSR count). The summed E-state index contributed by atoms with van der Waals surface area (Å²) in [6, 6.07) is 1.75. The minimum atomic E-state index is -0.686. The Morgan fingerprint density at radius 3 is 3.06 bits per heavy atom. The molecule has 0 saturated carbocycles. The fourth-order valence-electron chi connectivity index (χ4n) is 0.915. The molecule has 0 bridgehead atoms. The molecule has 0 fully saturated rings. The summed E-state index contributed by atoms with van der Waals surface area (Å²) in [4.78, 5) is 13.6. The SMILES string of the molecule is COC(=O)C(=CC=Cc1ccoc1)N=[N+]=[N-]. The Morgan fingerprint density at radius 1 is 1.69 bits per heavy atom. The van der Waals surface area contributed by atoms with Gasteiger partial charge in [-0.25, -0.2) is 4.79 Å². The third-order valence-corrected chi connectivity index (χ3v) is 1.63. The van der Waals surface area contributed by atoms with E-state index in [9.17, 15) is 4.79 Å². The average Bonchev–Trinajstić information content (AvgIpc) is 2.80. The lowest BCUT2D eigenvalue weighted by Gasteiger charge is -1.94. The summed E-state index contributed by atoms with van der Waals surface area (Å²) >= 11 is 0. The summed E-state index contributed by atoms with van der Waals surface area (Å²) in [5.74, 6) is -0.686. The number of nitrogens with zero attached hydrogens (tertiary/aromatic N) is 3. The standard InChI is InChI=1S/C10H9N3O3/c1-15-10(14)9(12-13-11)4-2-3-8-5-6-16-7-8/h2-7H,1H3. The Kier molecular flexibility index (Phi) is 4.43. The van der Waals surface area contributed by atoms with Crippen LogP contribution in [-0.2, 0) is 9.53 Å². The molecular weight excluding hydrogens is 210 g/mol. The topological polar surface area (TPSA) is 88.2 Å². The summed E-state index contributed by atoms with van der Waals surface area (Å²) < 4.78 is 9.27. The molecule has 0 N–H and O–H groups in total. The van der Waals surface area contributed by atoms with E-state index < -0.39 is 5.97 Å². The van der Waals surface area contributed by atoms with Gasteiger partial charge in [-0.1, -0.05) is 17.3 Å².